The van der Waals surface area contributed by atoms with Gasteiger partial charge in [0.25, 0.3) is 0 Å². The van der Waals surface area contributed by atoms with Gasteiger partial charge in [-0.15, -0.1) is 34.3 Å². The summed E-state index contributed by atoms with van der Waals surface area (Å²) in [6.07, 6.45) is 0. The van der Waals surface area contributed by atoms with E-state index in [1.807, 2.05) is 0 Å². The third kappa shape index (κ3) is 2.47. The van der Waals surface area contributed by atoms with Crippen molar-refractivity contribution >= 4 is 50.2 Å². The summed E-state index contributed by atoms with van der Waals surface area (Å²) in [5.74, 6) is 0. The fourth-order valence-corrected chi connectivity index (χ4v) is 4.20. The number of rotatable bonds is 2. The summed E-state index contributed by atoms with van der Waals surface area (Å²) < 4.78 is 1.13. The van der Waals surface area contributed by atoms with Crippen LogP contribution in [0.1, 0.15) is 26.3 Å². The van der Waals surface area contributed by atoms with E-state index in [4.69, 9.17) is 11.6 Å². The minimum absolute atomic E-state index is 0.0162. The SMILES string of the molecule is Cc1cc(C(Cl)c2csc(Br)c2)c(C)s1. The molecule has 0 aromatic carbocycles. The lowest BCUT2D eigenvalue weighted by Gasteiger charge is -2.06. The van der Waals surface area contributed by atoms with E-state index in [0.29, 0.717) is 0 Å². The quantitative estimate of drug-likeness (QED) is 0.639. The van der Waals surface area contributed by atoms with Crippen LogP contribution in [0.25, 0.3) is 0 Å². The molecular weight excluding hydrogens is 312 g/mol. The molecule has 0 fully saturated rings. The fraction of sp³-hybridized carbons (Fsp3) is 0.273. The lowest BCUT2D eigenvalue weighted by molar-refractivity contribution is 1.14. The number of alkyl halides is 1. The molecule has 80 valence electrons. The Hall–Kier alpha value is 0.170. The molecule has 2 aromatic rings. The molecular formula is C11H10BrClS2. The first-order chi connectivity index (χ1) is 7.08. The topological polar surface area (TPSA) is 0 Å². The minimum atomic E-state index is -0.0162. The van der Waals surface area contributed by atoms with Gasteiger partial charge in [-0.1, -0.05) is 0 Å². The van der Waals surface area contributed by atoms with Gasteiger partial charge in [0.15, 0.2) is 0 Å². The zero-order chi connectivity index (χ0) is 11.0. The Morgan fingerprint density at radius 3 is 2.53 bits per heavy atom. The Morgan fingerprint density at radius 1 is 1.33 bits per heavy atom. The second kappa shape index (κ2) is 4.58. The summed E-state index contributed by atoms with van der Waals surface area (Å²) in [7, 11) is 0. The van der Waals surface area contributed by atoms with Gasteiger partial charge in [-0.3, -0.25) is 0 Å². The van der Waals surface area contributed by atoms with Crippen LogP contribution in [0.3, 0.4) is 0 Å². The number of thiophene rings is 2. The average molecular weight is 322 g/mol. The Bertz CT molecular complexity index is 473. The second-order valence-electron chi connectivity index (χ2n) is 3.42. The molecule has 0 aliphatic rings. The van der Waals surface area contributed by atoms with Gasteiger partial charge < -0.3 is 0 Å². The van der Waals surface area contributed by atoms with Crippen molar-refractivity contribution in [3.8, 4) is 0 Å². The first-order valence-corrected chi connectivity index (χ1v) is 7.45. The summed E-state index contributed by atoms with van der Waals surface area (Å²) in [5.41, 5.74) is 2.42. The smallest absolute Gasteiger partial charge is 0.0854 e. The average Bonchev–Trinajstić information content (AvgIpc) is 2.71. The number of hydrogen-bond donors (Lipinski definition) is 0. The van der Waals surface area contributed by atoms with E-state index < -0.39 is 0 Å². The molecule has 0 saturated heterocycles. The van der Waals surface area contributed by atoms with E-state index in [1.54, 1.807) is 22.7 Å². The van der Waals surface area contributed by atoms with Gasteiger partial charge >= 0.3 is 0 Å². The third-order valence-corrected chi connectivity index (χ3v) is 5.22. The lowest BCUT2D eigenvalue weighted by atomic mass is 10.1. The van der Waals surface area contributed by atoms with Gasteiger partial charge in [0.1, 0.15) is 0 Å². The van der Waals surface area contributed by atoms with E-state index in [0.717, 1.165) is 3.79 Å². The monoisotopic (exact) mass is 320 g/mol. The molecule has 0 radical (unpaired) electrons. The molecule has 0 amide bonds. The summed E-state index contributed by atoms with van der Waals surface area (Å²) in [5, 5.41) is 2.09. The number of hydrogen-bond acceptors (Lipinski definition) is 2. The molecule has 0 nitrogen and oxygen atoms in total. The number of halogens is 2. The summed E-state index contributed by atoms with van der Waals surface area (Å²) in [4.78, 5) is 2.64. The summed E-state index contributed by atoms with van der Waals surface area (Å²) >= 11 is 13.4. The third-order valence-electron chi connectivity index (χ3n) is 2.23. The molecule has 15 heavy (non-hydrogen) atoms. The molecule has 0 bridgehead atoms. The van der Waals surface area contributed by atoms with Gasteiger partial charge in [0.05, 0.1) is 9.16 Å². The Morgan fingerprint density at radius 2 is 2.07 bits per heavy atom. The van der Waals surface area contributed by atoms with Gasteiger partial charge in [-0.05, 0) is 58.4 Å². The van der Waals surface area contributed by atoms with Gasteiger partial charge in [0.2, 0.25) is 0 Å². The minimum Gasteiger partial charge on any atom is -0.146 e. The van der Waals surface area contributed by atoms with E-state index in [2.05, 4.69) is 47.3 Å². The molecule has 4 heteroatoms. The van der Waals surface area contributed by atoms with Gasteiger partial charge in [0, 0.05) is 9.75 Å². The van der Waals surface area contributed by atoms with Crippen molar-refractivity contribution in [3.63, 3.8) is 0 Å². The summed E-state index contributed by atoms with van der Waals surface area (Å²) in [6, 6.07) is 4.28. The van der Waals surface area contributed by atoms with Gasteiger partial charge in [-0.25, -0.2) is 0 Å². The zero-order valence-electron chi connectivity index (χ0n) is 8.38. The Kier molecular flexibility index (Phi) is 3.56. The molecule has 0 spiro atoms. The molecule has 2 rings (SSSR count). The molecule has 0 N–H and O–H groups in total. The predicted molar refractivity (Wildman–Crippen MR) is 73.5 cm³/mol. The van der Waals surface area contributed by atoms with Crippen molar-refractivity contribution in [1.82, 2.24) is 0 Å². The standard InChI is InChI=1S/C11H10BrClS2/c1-6-3-9(7(2)15-6)11(13)8-4-10(12)14-5-8/h3-5,11H,1-2H3. The highest BCUT2D eigenvalue weighted by molar-refractivity contribution is 9.11. The van der Waals surface area contributed by atoms with E-state index in [-0.39, 0.29) is 5.38 Å². The van der Waals surface area contributed by atoms with Crippen molar-refractivity contribution in [2.75, 3.05) is 0 Å². The maximum absolute atomic E-state index is 6.46. The molecule has 2 heterocycles. The highest BCUT2D eigenvalue weighted by atomic mass is 79.9. The summed E-state index contributed by atoms with van der Waals surface area (Å²) in [6.45, 7) is 4.25. The van der Waals surface area contributed by atoms with Crippen LogP contribution in [0, 0.1) is 13.8 Å². The largest absolute Gasteiger partial charge is 0.146 e. The molecule has 2 aromatic heterocycles. The molecule has 1 unspecified atom stereocenters. The van der Waals surface area contributed by atoms with Crippen LogP contribution in [0.15, 0.2) is 21.3 Å². The maximum Gasteiger partial charge on any atom is 0.0854 e. The first kappa shape index (κ1) is 11.6. The highest BCUT2D eigenvalue weighted by Gasteiger charge is 2.16. The Balaban J connectivity index is 2.35. The van der Waals surface area contributed by atoms with Crippen molar-refractivity contribution < 1.29 is 0 Å². The molecule has 0 saturated carbocycles. The van der Waals surface area contributed by atoms with Crippen molar-refractivity contribution in [2.24, 2.45) is 0 Å². The van der Waals surface area contributed by atoms with Crippen molar-refractivity contribution in [3.05, 3.63) is 42.2 Å². The molecule has 0 aliphatic carbocycles. The van der Waals surface area contributed by atoms with E-state index in [1.165, 1.54) is 20.9 Å². The zero-order valence-corrected chi connectivity index (χ0v) is 12.4. The number of aryl methyl sites for hydroxylation is 2. The molecule has 1 atom stereocenters. The second-order valence-corrected chi connectivity index (χ2v) is 7.60. The lowest BCUT2D eigenvalue weighted by Crippen LogP contribution is -1.90. The van der Waals surface area contributed by atoms with Crippen LogP contribution >= 0.6 is 50.2 Å². The van der Waals surface area contributed by atoms with Crippen LogP contribution < -0.4 is 0 Å². The first-order valence-electron chi connectivity index (χ1n) is 4.53. The fourth-order valence-electron chi connectivity index (χ4n) is 1.54. The van der Waals surface area contributed by atoms with E-state index in [9.17, 15) is 0 Å². The van der Waals surface area contributed by atoms with Crippen LogP contribution in [-0.4, -0.2) is 0 Å². The van der Waals surface area contributed by atoms with Gasteiger partial charge in [-0.2, -0.15) is 0 Å². The van der Waals surface area contributed by atoms with Crippen LogP contribution in [-0.2, 0) is 0 Å². The highest BCUT2D eigenvalue weighted by Crippen LogP contribution is 2.37. The van der Waals surface area contributed by atoms with E-state index >= 15 is 0 Å². The maximum atomic E-state index is 6.46. The van der Waals surface area contributed by atoms with Crippen LogP contribution in [0.5, 0.6) is 0 Å². The van der Waals surface area contributed by atoms with Crippen molar-refractivity contribution in [1.29, 1.82) is 0 Å². The predicted octanol–water partition coefficient (Wildman–Crippen LogP) is 5.52. The van der Waals surface area contributed by atoms with Crippen molar-refractivity contribution in [2.45, 2.75) is 19.2 Å². The Labute approximate surface area is 111 Å². The van der Waals surface area contributed by atoms with Crippen LogP contribution in [0.4, 0.5) is 0 Å². The normalized spacial score (nSPS) is 13.1. The molecule has 0 aliphatic heterocycles. The van der Waals surface area contributed by atoms with Crippen LogP contribution in [0.2, 0.25) is 0 Å².